The Labute approximate surface area is 118 Å². The predicted molar refractivity (Wildman–Crippen MR) is 79.5 cm³/mol. The molecule has 2 aromatic carbocycles. The first-order valence-corrected chi connectivity index (χ1v) is 6.77. The van der Waals surface area contributed by atoms with Crippen molar-refractivity contribution >= 4 is 11.6 Å². The van der Waals surface area contributed by atoms with Gasteiger partial charge in [-0.15, -0.1) is 0 Å². The Kier molecular flexibility index (Phi) is 4.51. The Balaban J connectivity index is 2.06. The second-order valence-corrected chi connectivity index (χ2v) is 4.89. The third-order valence-corrected chi connectivity index (χ3v) is 3.46. The molecule has 0 spiro atoms. The fourth-order valence-corrected chi connectivity index (χ4v) is 1.94. The zero-order chi connectivity index (χ0) is 14.5. The Morgan fingerprint density at radius 1 is 1.10 bits per heavy atom. The number of anilines is 1. The number of halogens is 1. The molecule has 1 atom stereocenters. The van der Waals surface area contributed by atoms with Gasteiger partial charge in [-0.25, -0.2) is 4.39 Å². The van der Waals surface area contributed by atoms with Crippen molar-refractivity contribution in [3.8, 4) is 0 Å². The van der Waals surface area contributed by atoms with Crippen LogP contribution in [0, 0.1) is 5.82 Å². The lowest BCUT2D eigenvalue weighted by atomic mass is 9.98. The number of nitrogens with one attached hydrogen (secondary N) is 1. The van der Waals surface area contributed by atoms with Crippen LogP contribution in [0.1, 0.15) is 42.1 Å². The summed E-state index contributed by atoms with van der Waals surface area (Å²) in [7, 11) is 0. The largest absolute Gasteiger partial charge is 0.322 e. The van der Waals surface area contributed by atoms with Crippen molar-refractivity contribution in [2.45, 2.75) is 26.2 Å². The van der Waals surface area contributed by atoms with Crippen molar-refractivity contribution in [2.75, 3.05) is 5.32 Å². The standard InChI is InChI=1S/C17H18FNO/c1-3-12(2)13-6-10-16(11-7-13)19-17(20)14-4-8-15(18)9-5-14/h4-12H,3H2,1-2H3,(H,19,20). The van der Waals surface area contributed by atoms with E-state index in [1.54, 1.807) is 0 Å². The Hall–Kier alpha value is -2.16. The molecule has 0 aliphatic heterocycles. The van der Waals surface area contributed by atoms with E-state index in [2.05, 4.69) is 19.2 Å². The predicted octanol–water partition coefficient (Wildman–Crippen LogP) is 4.59. The van der Waals surface area contributed by atoms with Gasteiger partial charge in [0.15, 0.2) is 0 Å². The summed E-state index contributed by atoms with van der Waals surface area (Å²) in [6, 6.07) is 13.3. The number of benzene rings is 2. The lowest BCUT2D eigenvalue weighted by Gasteiger charge is -2.10. The number of rotatable bonds is 4. The average molecular weight is 271 g/mol. The van der Waals surface area contributed by atoms with Crippen molar-refractivity contribution in [1.82, 2.24) is 0 Å². The van der Waals surface area contributed by atoms with E-state index in [1.165, 1.54) is 29.8 Å². The quantitative estimate of drug-likeness (QED) is 0.865. The molecule has 0 aliphatic rings. The lowest BCUT2D eigenvalue weighted by molar-refractivity contribution is 0.102. The average Bonchev–Trinajstić information content (AvgIpc) is 2.48. The highest BCUT2D eigenvalue weighted by atomic mass is 19.1. The molecule has 0 aromatic heterocycles. The first-order valence-electron chi connectivity index (χ1n) is 6.77. The van der Waals surface area contributed by atoms with E-state index in [9.17, 15) is 9.18 Å². The number of amides is 1. The van der Waals surface area contributed by atoms with E-state index in [0.29, 0.717) is 11.5 Å². The van der Waals surface area contributed by atoms with E-state index in [4.69, 9.17) is 0 Å². The molecule has 2 nitrogen and oxygen atoms in total. The molecule has 3 heteroatoms. The summed E-state index contributed by atoms with van der Waals surface area (Å²) in [5, 5.41) is 2.80. The highest BCUT2D eigenvalue weighted by Gasteiger charge is 2.07. The zero-order valence-electron chi connectivity index (χ0n) is 11.7. The maximum absolute atomic E-state index is 12.8. The lowest BCUT2D eigenvalue weighted by Crippen LogP contribution is -2.11. The minimum absolute atomic E-state index is 0.235. The van der Waals surface area contributed by atoms with Crippen LogP contribution in [0.3, 0.4) is 0 Å². The van der Waals surface area contributed by atoms with Crippen molar-refractivity contribution in [3.63, 3.8) is 0 Å². The second-order valence-electron chi connectivity index (χ2n) is 4.89. The summed E-state index contributed by atoms with van der Waals surface area (Å²) < 4.78 is 12.8. The summed E-state index contributed by atoms with van der Waals surface area (Å²) in [5.41, 5.74) is 2.44. The summed E-state index contributed by atoms with van der Waals surface area (Å²) >= 11 is 0. The van der Waals surface area contributed by atoms with Gasteiger partial charge in [-0.05, 0) is 54.3 Å². The van der Waals surface area contributed by atoms with Crippen LogP contribution in [0.4, 0.5) is 10.1 Å². The minimum atomic E-state index is -0.348. The van der Waals surface area contributed by atoms with Gasteiger partial charge in [0.2, 0.25) is 0 Å². The van der Waals surface area contributed by atoms with Gasteiger partial charge in [0.1, 0.15) is 5.82 Å². The van der Waals surface area contributed by atoms with Gasteiger partial charge >= 0.3 is 0 Å². The molecular formula is C17H18FNO. The molecule has 2 aromatic rings. The van der Waals surface area contributed by atoms with Crippen molar-refractivity contribution in [1.29, 1.82) is 0 Å². The number of carbonyl (C=O) groups is 1. The number of hydrogen-bond acceptors (Lipinski definition) is 1. The summed E-state index contributed by atoms with van der Waals surface area (Å²) in [6.07, 6.45) is 1.08. The number of hydrogen-bond donors (Lipinski definition) is 1. The van der Waals surface area contributed by atoms with Crippen LogP contribution in [0.2, 0.25) is 0 Å². The Morgan fingerprint density at radius 2 is 1.70 bits per heavy atom. The van der Waals surface area contributed by atoms with E-state index in [1.807, 2.05) is 24.3 Å². The molecule has 20 heavy (non-hydrogen) atoms. The molecule has 0 bridgehead atoms. The van der Waals surface area contributed by atoms with E-state index >= 15 is 0 Å². The Morgan fingerprint density at radius 3 is 2.25 bits per heavy atom. The molecule has 1 N–H and O–H groups in total. The smallest absolute Gasteiger partial charge is 0.255 e. The van der Waals surface area contributed by atoms with E-state index < -0.39 is 0 Å². The summed E-state index contributed by atoms with van der Waals surface area (Å²) in [6.45, 7) is 4.32. The first kappa shape index (κ1) is 14.3. The van der Waals surface area contributed by atoms with Crippen LogP contribution in [0.15, 0.2) is 48.5 Å². The molecule has 0 saturated heterocycles. The highest BCUT2D eigenvalue weighted by Crippen LogP contribution is 2.20. The zero-order valence-corrected chi connectivity index (χ0v) is 11.7. The van der Waals surface area contributed by atoms with Crippen LogP contribution in [0.25, 0.3) is 0 Å². The molecular weight excluding hydrogens is 253 g/mol. The van der Waals surface area contributed by atoms with Gasteiger partial charge < -0.3 is 5.32 Å². The van der Waals surface area contributed by atoms with E-state index in [0.717, 1.165) is 12.1 Å². The first-order chi connectivity index (χ1) is 9.60. The maximum atomic E-state index is 12.8. The van der Waals surface area contributed by atoms with Crippen LogP contribution < -0.4 is 5.32 Å². The van der Waals surface area contributed by atoms with Crippen molar-refractivity contribution in [3.05, 3.63) is 65.5 Å². The molecule has 1 unspecified atom stereocenters. The van der Waals surface area contributed by atoms with Crippen LogP contribution >= 0.6 is 0 Å². The fourth-order valence-electron chi connectivity index (χ4n) is 1.94. The number of carbonyl (C=O) groups excluding carboxylic acids is 1. The topological polar surface area (TPSA) is 29.1 Å². The van der Waals surface area contributed by atoms with Gasteiger partial charge in [-0.3, -0.25) is 4.79 Å². The third kappa shape index (κ3) is 3.44. The third-order valence-electron chi connectivity index (χ3n) is 3.46. The fraction of sp³-hybridized carbons (Fsp3) is 0.235. The summed E-state index contributed by atoms with van der Waals surface area (Å²) in [4.78, 5) is 12.0. The molecule has 1 amide bonds. The molecule has 2 rings (SSSR count). The van der Waals surface area contributed by atoms with E-state index in [-0.39, 0.29) is 11.7 Å². The maximum Gasteiger partial charge on any atom is 0.255 e. The SMILES string of the molecule is CCC(C)c1ccc(NC(=O)c2ccc(F)cc2)cc1. The monoisotopic (exact) mass is 271 g/mol. The molecule has 0 radical (unpaired) electrons. The van der Waals surface area contributed by atoms with Crippen LogP contribution in [0.5, 0.6) is 0 Å². The normalized spacial score (nSPS) is 11.9. The van der Waals surface area contributed by atoms with Crippen molar-refractivity contribution in [2.24, 2.45) is 0 Å². The summed E-state index contributed by atoms with van der Waals surface area (Å²) in [5.74, 6) is -0.0717. The minimum Gasteiger partial charge on any atom is -0.322 e. The Bertz CT molecular complexity index is 575. The van der Waals surface area contributed by atoms with Gasteiger partial charge in [0.05, 0.1) is 0 Å². The van der Waals surface area contributed by atoms with Gasteiger partial charge in [0.25, 0.3) is 5.91 Å². The molecule has 0 saturated carbocycles. The molecule has 0 aliphatic carbocycles. The van der Waals surface area contributed by atoms with Crippen LogP contribution in [-0.4, -0.2) is 5.91 Å². The van der Waals surface area contributed by atoms with Crippen molar-refractivity contribution < 1.29 is 9.18 Å². The van der Waals surface area contributed by atoms with Crippen LogP contribution in [-0.2, 0) is 0 Å². The molecule has 0 heterocycles. The molecule has 0 fully saturated rings. The highest BCUT2D eigenvalue weighted by molar-refractivity contribution is 6.04. The van der Waals surface area contributed by atoms with Gasteiger partial charge in [0, 0.05) is 11.3 Å². The second kappa shape index (κ2) is 6.33. The van der Waals surface area contributed by atoms with Gasteiger partial charge in [-0.2, -0.15) is 0 Å². The van der Waals surface area contributed by atoms with Gasteiger partial charge in [-0.1, -0.05) is 26.0 Å². The molecule has 104 valence electrons.